The molecule has 4 aliphatic rings. The molecule has 8 aromatic heterocycles. The Morgan fingerprint density at radius 1 is 0.414 bits per heavy atom. The van der Waals surface area contributed by atoms with Crippen molar-refractivity contribution in [3.63, 3.8) is 0 Å². The van der Waals surface area contributed by atoms with Gasteiger partial charge in [-0.05, 0) is 165 Å². The number of hydrogen-bond acceptors (Lipinski definition) is 23. The number of β-amino-alcohol motifs (C(OH)–C–C–N with tert-alkyl or cyclic N) is 1. The molecule has 3 atom stereocenters. The number of nitrogens with two attached hydrogens (primary N) is 2. The number of ether oxygens (including phenoxy) is 4. The minimum absolute atomic E-state index is 0.00202. The van der Waals surface area contributed by atoms with E-state index in [1.165, 1.54) is 144 Å². The van der Waals surface area contributed by atoms with E-state index in [1.807, 2.05) is 11.8 Å². The van der Waals surface area contributed by atoms with Crippen LogP contribution in [0.2, 0.25) is 0 Å². The highest BCUT2D eigenvalue weighted by Crippen LogP contribution is 2.43. The molecule has 0 saturated carbocycles. The SMILES string of the molecule is CCC1(O)CCN(c2ncc(C(=O)Nc3ccc(OC(F)(F)Cl)cc3)cc2-c2ccn[nH]2)C1.NCC1(F)CCN(c2ncc(C(=O)Nc3ccc(OC(F)(F)Cl)cc3)cc2-c2ccn[nH]2)C1.N[C@]1(C(F)(F)F)CCN(c2ncc(C(=O)Nc3ccc(OC(F)(F)F)cc3)cc2-c2ccn[nH]2)C1.O=C(Nc1ccc(OC(F)(F)Cl)cc1)c1cnc(N2CCC(F)(F)C2)c(-c2ccn[nH]2)c1. The number of aromatic nitrogens is 12. The molecular weight excluding hydrogens is 1850 g/mol. The van der Waals surface area contributed by atoms with Gasteiger partial charge in [0.2, 0.25) is 0 Å². The largest absolute Gasteiger partial charge is 0.573 e. The van der Waals surface area contributed by atoms with E-state index in [4.69, 9.17) is 46.3 Å². The normalized spacial score (nSPS) is 17.8. The van der Waals surface area contributed by atoms with Crippen LogP contribution in [0.5, 0.6) is 23.0 Å². The van der Waals surface area contributed by atoms with Crippen LogP contribution in [0.25, 0.3) is 45.0 Å². The quantitative estimate of drug-likeness (QED) is 0.0187. The Hall–Kier alpha value is -13.7. The molecule has 2 unspecified atom stereocenters. The topological polar surface area (TPSA) is 405 Å². The molecule has 4 amide bonds. The smallest absolute Gasteiger partial charge is 0.420 e. The maximum absolute atomic E-state index is 14.7. The lowest BCUT2D eigenvalue weighted by Crippen LogP contribution is -2.55. The van der Waals surface area contributed by atoms with Crippen LogP contribution in [0.1, 0.15) is 80.5 Å². The van der Waals surface area contributed by atoms with E-state index >= 15 is 0 Å². The molecule has 0 radical (unpaired) electrons. The van der Waals surface area contributed by atoms with Crippen molar-refractivity contribution in [2.75, 3.05) is 99.8 Å². The van der Waals surface area contributed by atoms with Crippen LogP contribution < -0.4 is 71.3 Å². The molecule has 4 aromatic carbocycles. The molecule has 133 heavy (non-hydrogen) atoms. The van der Waals surface area contributed by atoms with E-state index < -0.39 is 94.4 Å². The van der Waals surface area contributed by atoms with Gasteiger partial charge in [-0.25, -0.2) is 33.1 Å². The van der Waals surface area contributed by atoms with Gasteiger partial charge in [0.1, 0.15) is 57.5 Å². The predicted molar refractivity (Wildman–Crippen MR) is 459 cm³/mol. The molecule has 16 rings (SSSR count). The fourth-order valence-electron chi connectivity index (χ4n) is 14.2. The number of aliphatic hydroxyl groups is 1. The van der Waals surface area contributed by atoms with Gasteiger partial charge >= 0.3 is 29.2 Å². The van der Waals surface area contributed by atoms with E-state index in [0.29, 0.717) is 118 Å². The Labute approximate surface area is 758 Å². The Kier molecular flexibility index (Phi) is 29.0. The average Bonchev–Trinajstić information content (AvgIpc) is 1.62. The lowest BCUT2D eigenvalue weighted by Gasteiger charge is -2.28. The first-order valence-electron chi connectivity index (χ1n) is 39.8. The fourth-order valence-corrected chi connectivity index (χ4v) is 14.5. The van der Waals surface area contributed by atoms with Crippen LogP contribution in [0, 0.1) is 0 Å². The van der Waals surface area contributed by atoms with Gasteiger partial charge in [-0.1, -0.05) is 6.92 Å². The van der Waals surface area contributed by atoms with Gasteiger partial charge in [-0.15, -0.1) is 39.5 Å². The molecule has 702 valence electrons. The minimum Gasteiger partial charge on any atom is -0.420 e. The first-order chi connectivity index (χ1) is 62.8. The summed E-state index contributed by atoms with van der Waals surface area (Å²) in [6.45, 7) is 2.62. The lowest BCUT2D eigenvalue weighted by atomic mass is 10.00. The van der Waals surface area contributed by atoms with Crippen molar-refractivity contribution in [2.45, 2.75) is 91.0 Å². The summed E-state index contributed by atoms with van der Waals surface area (Å²) >= 11 is 14.2. The summed E-state index contributed by atoms with van der Waals surface area (Å²) in [5.41, 5.74) is 1.25. The maximum Gasteiger partial charge on any atom is 0.573 e. The number of benzene rings is 4. The van der Waals surface area contributed by atoms with Gasteiger partial charge in [0.15, 0.2) is 0 Å². The second kappa shape index (κ2) is 39.8. The Balaban J connectivity index is 0.000000151. The van der Waals surface area contributed by atoms with E-state index in [0.717, 1.165) is 12.1 Å². The molecule has 4 saturated heterocycles. The number of H-pyrrole nitrogens is 4. The van der Waals surface area contributed by atoms with Crippen LogP contribution in [0.3, 0.4) is 0 Å². The summed E-state index contributed by atoms with van der Waals surface area (Å²) in [4.78, 5) is 75.1. The number of rotatable bonds is 25. The van der Waals surface area contributed by atoms with Gasteiger partial charge in [-0.2, -0.15) is 33.6 Å². The van der Waals surface area contributed by atoms with Gasteiger partial charge < -0.3 is 76.4 Å². The molecule has 0 aliphatic carbocycles. The third-order valence-corrected chi connectivity index (χ3v) is 21.2. The number of aromatic amines is 4. The van der Waals surface area contributed by atoms with E-state index in [9.17, 15) is 90.1 Å². The van der Waals surface area contributed by atoms with Gasteiger partial charge in [0.25, 0.3) is 29.6 Å². The van der Waals surface area contributed by atoms with Crippen molar-refractivity contribution in [1.29, 1.82) is 0 Å². The van der Waals surface area contributed by atoms with Crippen molar-refractivity contribution in [2.24, 2.45) is 11.5 Å². The monoisotopic (exact) mass is 1930 g/mol. The number of hydrogen-bond donors (Lipinski definition) is 11. The average molecular weight is 1930 g/mol. The second-order valence-electron chi connectivity index (χ2n) is 30.5. The summed E-state index contributed by atoms with van der Waals surface area (Å²) in [6, 6.07) is 33.3. The van der Waals surface area contributed by atoms with Gasteiger partial charge in [0, 0.05) is 188 Å². The molecular formula is C84H76Cl3F15N22O9. The number of amides is 4. The predicted octanol–water partition coefficient (Wildman–Crippen LogP) is 16.8. The number of anilines is 8. The van der Waals surface area contributed by atoms with E-state index in [2.05, 4.69) is 101 Å². The van der Waals surface area contributed by atoms with Crippen LogP contribution in [-0.2, 0) is 0 Å². The number of nitrogens with zero attached hydrogens (tertiary/aromatic N) is 12. The number of pyridine rings is 4. The van der Waals surface area contributed by atoms with E-state index in [-0.39, 0.29) is 90.9 Å². The number of alkyl halides is 18. The summed E-state index contributed by atoms with van der Waals surface area (Å²) < 4.78 is 212. The summed E-state index contributed by atoms with van der Waals surface area (Å²) in [5, 5.41) is 48.0. The Bertz CT molecular complexity index is 5820. The second-order valence-corrected chi connectivity index (χ2v) is 31.8. The molecule has 4 aliphatic heterocycles. The summed E-state index contributed by atoms with van der Waals surface area (Å²) in [7, 11) is 0. The van der Waals surface area contributed by atoms with Crippen molar-refractivity contribution in [3.05, 3.63) is 217 Å². The van der Waals surface area contributed by atoms with Gasteiger partial charge in [-0.3, -0.25) is 39.6 Å². The van der Waals surface area contributed by atoms with Crippen LogP contribution >= 0.6 is 34.8 Å². The zero-order valence-electron chi connectivity index (χ0n) is 68.9. The molecule has 13 N–H and O–H groups in total. The van der Waals surface area contributed by atoms with E-state index in [1.54, 1.807) is 53.7 Å². The molecule has 49 heteroatoms. The van der Waals surface area contributed by atoms with Crippen LogP contribution in [0.4, 0.5) is 112 Å². The summed E-state index contributed by atoms with van der Waals surface area (Å²) in [6.07, 6.45) is 2.91. The standard InChI is InChI=1S/C22H22ClF2N5O3.C21H20ClF3N6O2.C21H18F6N6O2.C20H16ClF4N5O2/c1-2-21(32)8-10-30(13-21)19-17(18-7-9-27-29-18)11-14(12-26-19)20(31)28-15-3-5-16(6-4-15)33-22(23,24)25;22-21(24,25)33-15-3-1-14(2-4-15)29-19(32)13-9-16(17-5-7-28-30-17)18(27-10-13)31-8-6-20(23,11-26)12-31;22-20(23,24)19(28)6-8-33(11-19)17-15(16-5-7-30-32-16)9-12(10-29-17)18(34)31-13-1-3-14(4-2-13)35-21(25,26)27;21-20(24,25)32-14-3-1-13(2-4-14)28-18(31)12-9-15(16-5-7-27-29-16)17(26-10-12)30-8-6-19(22,23)11-30/h3-7,9,11-12,32H,2,8,10,13H2,1H3,(H,27,29)(H,28,31);1-5,7,9-10H,6,8,11-12,26H2,(H,28,30)(H,29,32);1-5,7,9-10H,6,8,11,28H2,(H,30,32)(H,31,34);1-5,7,9-10H,6,8,11H2,(H,27,29)(H,28,31)/t;;19-;/m..1./s1. The van der Waals surface area contributed by atoms with Crippen LogP contribution in [0.15, 0.2) is 195 Å². The molecule has 12 heterocycles. The van der Waals surface area contributed by atoms with Crippen molar-refractivity contribution >= 4 is 104 Å². The lowest BCUT2D eigenvalue weighted by molar-refractivity contribution is -0.274. The first kappa shape index (κ1) is 96.8. The number of carbonyl (C=O) groups excluding carboxylic acids is 4. The molecule has 12 aromatic rings. The highest BCUT2D eigenvalue weighted by Gasteiger charge is 2.56. The number of halogens is 18. The number of carbonyl (C=O) groups is 4. The highest BCUT2D eigenvalue weighted by molar-refractivity contribution is 6.21. The summed E-state index contributed by atoms with van der Waals surface area (Å²) in [5.74, 6) is -4.18. The third-order valence-electron chi connectivity index (χ3n) is 21.0. The van der Waals surface area contributed by atoms with Gasteiger partial charge in [0.05, 0.1) is 63.7 Å². The minimum atomic E-state index is -4.85. The highest BCUT2D eigenvalue weighted by atomic mass is 35.5. The zero-order valence-corrected chi connectivity index (χ0v) is 71.2. The molecule has 4 fully saturated rings. The number of nitrogens with one attached hydrogen (secondary N) is 8. The molecule has 0 bridgehead atoms. The Morgan fingerprint density at radius 3 is 0.947 bits per heavy atom. The Morgan fingerprint density at radius 2 is 0.699 bits per heavy atom. The third kappa shape index (κ3) is 25.7. The van der Waals surface area contributed by atoms with Crippen LogP contribution in [-0.4, -0.2) is 200 Å². The van der Waals surface area contributed by atoms with Crippen molar-refractivity contribution in [3.8, 4) is 68.0 Å². The van der Waals surface area contributed by atoms with Crippen molar-refractivity contribution < 1.29 is 109 Å². The maximum atomic E-state index is 14.7. The molecule has 31 nitrogen and oxygen atoms in total. The van der Waals surface area contributed by atoms with Crippen molar-refractivity contribution in [1.82, 2.24) is 60.7 Å². The first-order valence-corrected chi connectivity index (χ1v) is 40.9. The molecule has 0 spiro atoms. The fraction of sp³-hybridized carbons (Fsp3) is 0.286. The zero-order chi connectivity index (χ0) is 95.6.